The normalized spacial score (nSPS) is 21.5. The van der Waals surface area contributed by atoms with E-state index < -0.39 is 0 Å². The second-order valence-electron chi connectivity index (χ2n) is 5.77. The molecule has 0 aliphatic carbocycles. The monoisotopic (exact) mass is 207 g/mol. The van der Waals surface area contributed by atoms with Crippen molar-refractivity contribution >= 4 is 5.82 Å². The minimum absolute atomic E-state index is 0.0902. The van der Waals surface area contributed by atoms with E-state index in [-0.39, 0.29) is 5.41 Å². The summed E-state index contributed by atoms with van der Waals surface area (Å²) in [5.41, 5.74) is 7.33. The quantitative estimate of drug-likeness (QED) is 0.709. The summed E-state index contributed by atoms with van der Waals surface area (Å²) in [6.45, 7) is 9.94. The van der Waals surface area contributed by atoms with Crippen LogP contribution in [0.25, 0.3) is 0 Å². The average Bonchev–Trinajstić information content (AvgIpc) is 2.43. The molecule has 0 spiro atoms. The van der Waals surface area contributed by atoms with E-state index in [0.717, 1.165) is 30.5 Å². The van der Waals surface area contributed by atoms with Crippen LogP contribution in [-0.2, 0) is 18.4 Å². The lowest BCUT2D eigenvalue weighted by molar-refractivity contribution is 0.388. The number of aromatic nitrogens is 2. The minimum Gasteiger partial charge on any atom is -0.382 e. The number of nitrogens with zero attached hydrogens (tertiary/aromatic N) is 2. The Morgan fingerprint density at radius 1 is 1.40 bits per heavy atom. The molecule has 15 heavy (non-hydrogen) atoms. The van der Waals surface area contributed by atoms with Crippen molar-refractivity contribution in [1.29, 1.82) is 0 Å². The summed E-state index contributed by atoms with van der Waals surface area (Å²) in [7, 11) is 0. The second-order valence-corrected chi connectivity index (χ2v) is 5.77. The van der Waals surface area contributed by atoms with E-state index in [2.05, 4.69) is 37.2 Å². The van der Waals surface area contributed by atoms with Crippen molar-refractivity contribution in [2.75, 3.05) is 5.73 Å². The highest BCUT2D eigenvalue weighted by Crippen LogP contribution is 2.31. The molecule has 1 aromatic heterocycles. The zero-order valence-electron chi connectivity index (χ0n) is 10.2. The van der Waals surface area contributed by atoms with E-state index in [0.29, 0.717) is 0 Å². The molecule has 3 heteroatoms. The number of hydrogen-bond donors (Lipinski definition) is 1. The summed E-state index contributed by atoms with van der Waals surface area (Å²) < 4.78 is 2.33. The standard InChI is InChI=1S/C12H21N3/c1-8-5-6-15-9(7-8)10(13)14-11(15)12(2,3)4/h8H,5-7,13H2,1-4H3. The van der Waals surface area contributed by atoms with E-state index in [4.69, 9.17) is 5.73 Å². The zero-order valence-corrected chi connectivity index (χ0v) is 10.2. The molecule has 2 heterocycles. The van der Waals surface area contributed by atoms with Gasteiger partial charge in [-0.25, -0.2) is 4.98 Å². The third-order valence-electron chi connectivity index (χ3n) is 3.16. The van der Waals surface area contributed by atoms with Crippen LogP contribution in [0.1, 0.15) is 45.6 Å². The van der Waals surface area contributed by atoms with Gasteiger partial charge in [0.2, 0.25) is 0 Å². The van der Waals surface area contributed by atoms with Gasteiger partial charge in [0, 0.05) is 12.0 Å². The average molecular weight is 207 g/mol. The van der Waals surface area contributed by atoms with Crippen LogP contribution in [0.15, 0.2) is 0 Å². The molecule has 0 saturated carbocycles. The van der Waals surface area contributed by atoms with Gasteiger partial charge in [-0.1, -0.05) is 27.7 Å². The molecule has 3 nitrogen and oxygen atoms in total. The Balaban J connectivity index is 2.48. The molecule has 2 rings (SSSR count). The molecule has 1 atom stereocenters. The number of hydrogen-bond acceptors (Lipinski definition) is 2. The van der Waals surface area contributed by atoms with Crippen LogP contribution in [0.4, 0.5) is 5.82 Å². The highest BCUT2D eigenvalue weighted by atomic mass is 15.1. The number of nitrogens with two attached hydrogens (primary N) is 1. The smallest absolute Gasteiger partial charge is 0.145 e. The maximum atomic E-state index is 5.99. The molecule has 84 valence electrons. The van der Waals surface area contributed by atoms with Gasteiger partial charge in [-0.2, -0.15) is 0 Å². The molecule has 1 unspecified atom stereocenters. The van der Waals surface area contributed by atoms with Crippen molar-refractivity contribution in [3.8, 4) is 0 Å². The van der Waals surface area contributed by atoms with Crippen LogP contribution in [0.2, 0.25) is 0 Å². The van der Waals surface area contributed by atoms with E-state index in [1.165, 1.54) is 12.1 Å². The third-order valence-corrected chi connectivity index (χ3v) is 3.16. The van der Waals surface area contributed by atoms with Crippen molar-refractivity contribution in [3.05, 3.63) is 11.5 Å². The van der Waals surface area contributed by atoms with Gasteiger partial charge in [0.15, 0.2) is 0 Å². The van der Waals surface area contributed by atoms with Crippen LogP contribution in [0.5, 0.6) is 0 Å². The Morgan fingerprint density at radius 2 is 2.07 bits per heavy atom. The first-order valence-electron chi connectivity index (χ1n) is 5.75. The van der Waals surface area contributed by atoms with Gasteiger partial charge in [0.05, 0.1) is 5.69 Å². The van der Waals surface area contributed by atoms with Gasteiger partial charge >= 0.3 is 0 Å². The van der Waals surface area contributed by atoms with E-state index >= 15 is 0 Å². The van der Waals surface area contributed by atoms with Crippen LogP contribution < -0.4 is 5.73 Å². The lowest BCUT2D eigenvalue weighted by atomic mass is 9.93. The fourth-order valence-corrected chi connectivity index (χ4v) is 2.31. The second kappa shape index (κ2) is 3.26. The van der Waals surface area contributed by atoms with Crippen LogP contribution >= 0.6 is 0 Å². The highest BCUT2D eigenvalue weighted by molar-refractivity contribution is 5.39. The summed E-state index contributed by atoms with van der Waals surface area (Å²) in [6.07, 6.45) is 2.32. The summed E-state index contributed by atoms with van der Waals surface area (Å²) in [5, 5.41) is 0. The third kappa shape index (κ3) is 1.75. The van der Waals surface area contributed by atoms with Crippen molar-refractivity contribution in [2.45, 2.75) is 52.5 Å². The van der Waals surface area contributed by atoms with E-state index in [1.807, 2.05) is 0 Å². The molecule has 0 bridgehead atoms. The fraction of sp³-hybridized carbons (Fsp3) is 0.750. The Kier molecular flexibility index (Phi) is 2.28. The first-order chi connectivity index (χ1) is 6.89. The van der Waals surface area contributed by atoms with Crippen LogP contribution in [0, 0.1) is 5.92 Å². The Hall–Kier alpha value is -0.990. The van der Waals surface area contributed by atoms with Gasteiger partial charge in [0.1, 0.15) is 11.6 Å². The molecule has 1 aliphatic heterocycles. The predicted octanol–water partition coefficient (Wildman–Crippen LogP) is 2.35. The predicted molar refractivity (Wildman–Crippen MR) is 62.8 cm³/mol. The van der Waals surface area contributed by atoms with Crippen molar-refractivity contribution in [2.24, 2.45) is 5.92 Å². The number of rotatable bonds is 0. The zero-order chi connectivity index (χ0) is 11.2. The molecule has 1 aromatic rings. The summed E-state index contributed by atoms with van der Waals surface area (Å²) >= 11 is 0. The highest BCUT2D eigenvalue weighted by Gasteiger charge is 2.27. The van der Waals surface area contributed by atoms with Crippen molar-refractivity contribution < 1.29 is 0 Å². The van der Waals surface area contributed by atoms with Gasteiger partial charge < -0.3 is 10.3 Å². The molecule has 0 radical (unpaired) electrons. The van der Waals surface area contributed by atoms with Gasteiger partial charge in [0.25, 0.3) is 0 Å². The van der Waals surface area contributed by atoms with Gasteiger partial charge in [-0.05, 0) is 18.8 Å². The first-order valence-corrected chi connectivity index (χ1v) is 5.75. The molecule has 2 N–H and O–H groups in total. The minimum atomic E-state index is 0.0902. The van der Waals surface area contributed by atoms with Crippen LogP contribution in [-0.4, -0.2) is 9.55 Å². The molecule has 1 aliphatic rings. The lowest BCUT2D eigenvalue weighted by Crippen LogP contribution is -2.24. The first kappa shape index (κ1) is 10.5. The van der Waals surface area contributed by atoms with Gasteiger partial charge in [-0.15, -0.1) is 0 Å². The maximum Gasteiger partial charge on any atom is 0.145 e. The topological polar surface area (TPSA) is 43.8 Å². The SMILES string of the molecule is CC1CCn2c(C(C)(C)C)nc(N)c2C1. The van der Waals surface area contributed by atoms with E-state index in [1.54, 1.807) is 0 Å². The maximum absolute atomic E-state index is 5.99. The Morgan fingerprint density at radius 3 is 2.67 bits per heavy atom. The number of anilines is 1. The molecule has 0 aromatic carbocycles. The van der Waals surface area contributed by atoms with Gasteiger partial charge in [-0.3, -0.25) is 0 Å². The fourth-order valence-electron chi connectivity index (χ4n) is 2.31. The number of fused-ring (bicyclic) bond motifs is 1. The summed E-state index contributed by atoms with van der Waals surface area (Å²) in [4.78, 5) is 4.54. The molecule has 0 fully saturated rings. The largest absolute Gasteiger partial charge is 0.382 e. The number of nitrogen functional groups attached to an aromatic ring is 1. The Bertz CT molecular complexity index is 371. The molecule has 0 amide bonds. The number of imidazole rings is 1. The van der Waals surface area contributed by atoms with Crippen LogP contribution in [0.3, 0.4) is 0 Å². The van der Waals surface area contributed by atoms with Crippen molar-refractivity contribution in [1.82, 2.24) is 9.55 Å². The molecule has 0 saturated heterocycles. The van der Waals surface area contributed by atoms with E-state index in [9.17, 15) is 0 Å². The van der Waals surface area contributed by atoms with Crippen molar-refractivity contribution in [3.63, 3.8) is 0 Å². The lowest BCUT2D eigenvalue weighted by Gasteiger charge is -2.26. The Labute approximate surface area is 91.7 Å². The molecular weight excluding hydrogens is 186 g/mol. The summed E-state index contributed by atoms with van der Waals surface area (Å²) in [6, 6.07) is 0. The summed E-state index contributed by atoms with van der Waals surface area (Å²) in [5.74, 6) is 2.62. The molecular formula is C12H21N3.